The van der Waals surface area contributed by atoms with Crippen LogP contribution in [0.25, 0.3) is 0 Å². The molecular weight excluding hydrogens is 280 g/mol. The van der Waals surface area contributed by atoms with Crippen molar-refractivity contribution in [2.24, 2.45) is 0 Å². The van der Waals surface area contributed by atoms with E-state index in [9.17, 15) is 10.1 Å². The third-order valence-electron chi connectivity index (χ3n) is 2.77. The molecule has 0 fully saturated rings. The van der Waals surface area contributed by atoms with E-state index in [-0.39, 0.29) is 11.4 Å². The van der Waals surface area contributed by atoms with Crippen LogP contribution in [0.3, 0.4) is 0 Å². The van der Waals surface area contributed by atoms with Crippen LogP contribution in [-0.4, -0.2) is 12.0 Å². The molecule has 5 nitrogen and oxygen atoms in total. The highest BCUT2D eigenvalue weighted by Gasteiger charge is 2.20. The molecule has 0 bridgehead atoms. The molecule has 0 aliphatic heterocycles. The van der Waals surface area contributed by atoms with Crippen molar-refractivity contribution in [1.82, 2.24) is 0 Å². The van der Waals surface area contributed by atoms with Crippen LogP contribution in [0.2, 0.25) is 5.02 Å². The summed E-state index contributed by atoms with van der Waals surface area (Å²) in [4.78, 5) is 10.7. The highest BCUT2D eigenvalue weighted by atomic mass is 35.5. The lowest BCUT2D eigenvalue weighted by Crippen LogP contribution is -2.04. The molecule has 1 N–H and O–H groups in total. The number of benzene rings is 2. The Bertz CT molecular complexity index is 632. The fourth-order valence-corrected chi connectivity index (χ4v) is 2.08. The second-order valence-electron chi connectivity index (χ2n) is 4.10. The summed E-state index contributed by atoms with van der Waals surface area (Å²) in [6.07, 6.45) is 0. The van der Waals surface area contributed by atoms with Crippen LogP contribution in [0.1, 0.15) is 5.56 Å². The molecule has 0 heterocycles. The zero-order chi connectivity index (χ0) is 14.5. The van der Waals surface area contributed by atoms with Gasteiger partial charge >= 0.3 is 5.69 Å². The third-order valence-corrected chi connectivity index (χ3v) is 3.01. The molecule has 0 spiro atoms. The number of rotatable bonds is 5. The Hall–Kier alpha value is -2.27. The van der Waals surface area contributed by atoms with Crippen LogP contribution in [-0.2, 0) is 6.54 Å². The van der Waals surface area contributed by atoms with Crippen LogP contribution >= 0.6 is 11.6 Å². The number of para-hydroxylation sites is 1. The summed E-state index contributed by atoms with van der Waals surface area (Å²) >= 11 is 5.90. The normalized spacial score (nSPS) is 10.1. The lowest BCUT2D eigenvalue weighted by molar-refractivity contribution is -0.384. The van der Waals surface area contributed by atoms with Crippen LogP contribution in [0, 0.1) is 10.1 Å². The monoisotopic (exact) mass is 292 g/mol. The van der Waals surface area contributed by atoms with Crippen molar-refractivity contribution >= 4 is 23.0 Å². The summed E-state index contributed by atoms with van der Waals surface area (Å²) in [5.41, 5.74) is 1.28. The van der Waals surface area contributed by atoms with E-state index >= 15 is 0 Å². The first-order valence-corrected chi connectivity index (χ1v) is 6.29. The van der Waals surface area contributed by atoms with Crippen molar-refractivity contribution < 1.29 is 9.66 Å². The first kappa shape index (κ1) is 14.1. The molecule has 2 aromatic rings. The Kier molecular flexibility index (Phi) is 4.42. The first-order chi connectivity index (χ1) is 9.61. The lowest BCUT2D eigenvalue weighted by atomic mass is 10.2. The van der Waals surface area contributed by atoms with Crippen molar-refractivity contribution in [3.63, 3.8) is 0 Å². The number of ether oxygens (including phenoxy) is 1. The van der Waals surface area contributed by atoms with Gasteiger partial charge in [0.1, 0.15) is 5.69 Å². The minimum Gasteiger partial charge on any atom is -0.490 e. The smallest absolute Gasteiger partial charge is 0.333 e. The highest BCUT2D eigenvalue weighted by Crippen LogP contribution is 2.34. The number of hydrogen-bond donors (Lipinski definition) is 1. The molecule has 0 radical (unpaired) electrons. The second kappa shape index (κ2) is 6.25. The maximum absolute atomic E-state index is 11.1. The second-order valence-corrected chi connectivity index (χ2v) is 4.53. The molecule has 0 aliphatic rings. The predicted molar refractivity (Wildman–Crippen MR) is 78.4 cm³/mol. The summed E-state index contributed by atoms with van der Waals surface area (Å²) < 4.78 is 5.02. The quantitative estimate of drug-likeness (QED) is 0.671. The van der Waals surface area contributed by atoms with Crippen LogP contribution in [0.5, 0.6) is 5.75 Å². The molecule has 0 saturated carbocycles. The van der Waals surface area contributed by atoms with Crippen molar-refractivity contribution in [2.75, 3.05) is 12.4 Å². The van der Waals surface area contributed by atoms with Crippen molar-refractivity contribution in [3.8, 4) is 5.75 Å². The number of halogens is 1. The zero-order valence-electron chi connectivity index (χ0n) is 10.8. The Morgan fingerprint density at radius 3 is 2.70 bits per heavy atom. The van der Waals surface area contributed by atoms with E-state index < -0.39 is 4.92 Å². The van der Waals surface area contributed by atoms with Gasteiger partial charge in [-0.1, -0.05) is 29.8 Å². The largest absolute Gasteiger partial charge is 0.490 e. The molecule has 0 atom stereocenters. The van der Waals surface area contributed by atoms with Gasteiger partial charge in [-0.3, -0.25) is 10.1 Å². The molecule has 0 aromatic heterocycles. The van der Waals surface area contributed by atoms with E-state index in [0.29, 0.717) is 17.3 Å². The SMILES string of the molecule is COc1cccc(NCc2cccc(Cl)c2)c1[N+](=O)[O-]. The van der Waals surface area contributed by atoms with Gasteiger partial charge in [0, 0.05) is 11.6 Å². The van der Waals surface area contributed by atoms with E-state index in [1.54, 1.807) is 30.3 Å². The molecular formula is C14H13ClN2O3. The Morgan fingerprint density at radius 2 is 2.05 bits per heavy atom. The van der Waals surface area contributed by atoms with Gasteiger partial charge in [-0.15, -0.1) is 0 Å². The third kappa shape index (κ3) is 3.19. The van der Waals surface area contributed by atoms with E-state index in [1.165, 1.54) is 7.11 Å². The number of nitro benzene ring substituents is 1. The molecule has 20 heavy (non-hydrogen) atoms. The first-order valence-electron chi connectivity index (χ1n) is 5.91. The van der Waals surface area contributed by atoms with Crippen LogP contribution in [0.4, 0.5) is 11.4 Å². The fourth-order valence-electron chi connectivity index (χ4n) is 1.86. The molecule has 0 unspecified atom stereocenters. The minimum atomic E-state index is -0.459. The van der Waals surface area contributed by atoms with E-state index in [0.717, 1.165) is 5.56 Å². The molecule has 2 aromatic carbocycles. The predicted octanol–water partition coefficient (Wildman–Crippen LogP) is 3.87. The van der Waals surface area contributed by atoms with Crippen molar-refractivity contribution in [2.45, 2.75) is 6.54 Å². The molecule has 0 amide bonds. The number of nitro groups is 1. The molecule has 0 aliphatic carbocycles. The van der Waals surface area contributed by atoms with Crippen molar-refractivity contribution in [3.05, 3.63) is 63.2 Å². The fraction of sp³-hybridized carbons (Fsp3) is 0.143. The van der Waals surface area contributed by atoms with E-state index in [4.69, 9.17) is 16.3 Å². The Morgan fingerprint density at radius 1 is 1.30 bits per heavy atom. The maximum atomic E-state index is 11.1. The summed E-state index contributed by atoms with van der Waals surface area (Å²) in [5, 5.41) is 14.8. The van der Waals surface area contributed by atoms with Gasteiger partial charge in [-0.2, -0.15) is 0 Å². The molecule has 2 rings (SSSR count). The summed E-state index contributed by atoms with van der Waals surface area (Å²) in [6.45, 7) is 0.439. The summed E-state index contributed by atoms with van der Waals surface area (Å²) in [6, 6.07) is 12.2. The van der Waals surface area contributed by atoms with Crippen LogP contribution < -0.4 is 10.1 Å². The van der Waals surface area contributed by atoms with Gasteiger partial charge < -0.3 is 10.1 Å². The molecule has 6 heteroatoms. The lowest BCUT2D eigenvalue weighted by Gasteiger charge is -2.09. The summed E-state index contributed by atoms with van der Waals surface area (Å²) in [5.74, 6) is 0.228. The van der Waals surface area contributed by atoms with Crippen LogP contribution in [0.15, 0.2) is 42.5 Å². The van der Waals surface area contributed by atoms with Gasteiger partial charge in [-0.25, -0.2) is 0 Å². The topological polar surface area (TPSA) is 64.4 Å². The van der Waals surface area contributed by atoms with Gasteiger partial charge in [0.15, 0.2) is 5.75 Å². The van der Waals surface area contributed by atoms with Crippen molar-refractivity contribution in [1.29, 1.82) is 0 Å². The van der Waals surface area contributed by atoms with Gasteiger partial charge in [0.25, 0.3) is 0 Å². The van der Waals surface area contributed by atoms with E-state index in [2.05, 4.69) is 5.32 Å². The maximum Gasteiger partial charge on any atom is 0.333 e. The van der Waals surface area contributed by atoms with Gasteiger partial charge in [0.05, 0.1) is 12.0 Å². The average Bonchev–Trinajstić information content (AvgIpc) is 2.44. The molecule has 104 valence electrons. The Balaban J connectivity index is 2.23. The summed E-state index contributed by atoms with van der Waals surface area (Å²) in [7, 11) is 1.41. The number of nitrogens with one attached hydrogen (secondary N) is 1. The zero-order valence-corrected chi connectivity index (χ0v) is 11.6. The standard InChI is InChI=1S/C14H13ClN2O3/c1-20-13-7-3-6-12(14(13)17(18)19)16-9-10-4-2-5-11(15)8-10/h2-8,16H,9H2,1H3. The number of methoxy groups -OCH3 is 1. The number of hydrogen-bond acceptors (Lipinski definition) is 4. The van der Waals surface area contributed by atoms with E-state index in [1.807, 2.05) is 12.1 Å². The minimum absolute atomic E-state index is 0.0722. The number of nitrogens with zero attached hydrogens (tertiary/aromatic N) is 1. The Labute approximate surface area is 121 Å². The van der Waals surface area contributed by atoms with Gasteiger partial charge in [0.2, 0.25) is 0 Å². The highest BCUT2D eigenvalue weighted by molar-refractivity contribution is 6.30. The van der Waals surface area contributed by atoms with Gasteiger partial charge in [-0.05, 0) is 29.8 Å². The molecule has 0 saturated heterocycles. The number of anilines is 1. The average molecular weight is 293 g/mol.